The molecule has 0 atom stereocenters. The SMILES string of the molecule is CN1CCC(=O)C(C(C)(C)C)=C(C(C)(C)C)C1. The lowest BCUT2D eigenvalue weighted by Crippen LogP contribution is -2.28. The Kier molecular flexibility index (Phi) is 3.87. The van der Waals surface area contributed by atoms with Gasteiger partial charge >= 0.3 is 0 Å². The van der Waals surface area contributed by atoms with Gasteiger partial charge in [-0.05, 0) is 23.5 Å². The summed E-state index contributed by atoms with van der Waals surface area (Å²) < 4.78 is 0. The zero-order valence-corrected chi connectivity index (χ0v) is 12.5. The Morgan fingerprint density at radius 3 is 1.94 bits per heavy atom. The van der Waals surface area contributed by atoms with Crippen molar-refractivity contribution < 1.29 is 4.79 Å². The number of likely N-dealkylation sites (N-methyl/N-ethyl adjacent to an activating group) is 1. The van der Waals surface area contributed by atoms with Crippen LogP contribution in [0.25, 0.3) is 0 Å². The predicted octanol–water partition coefficient (Wildman–Crippen LogP) is 3.28. The maximum absolute atomic E-state index is 12.4. The van der Waals surface area contributed by atoms with E-state index in [2.05, 4.69) is 53.5 Å². The Morgan fingerprint density at radius 1 is 1.00 bits per heavy atom. The van der Waals surface area contributed by atoms with Crippen molar-refractivity contribution in [3.05, 3.63) is 11.1 Å². The first-order valence-electron chi connectivity index (χ1n) is 6.49. The third kappa shape index (κ3) is 3.41. The highest BCUT2D eigenvalue weighted by molar-refractivity contribution is 5.97. The third-order valence-corrected chi connectivity index (χ3v) is 3.38. The summed E-state index contributed by atoms with van der Waals surface area (Å²) in [4.78, 5) is 14.6. The van der Waals surface area contributed by atoms with E-state index in [-0.39, 0.29) is 10.8 Å². The Hall–Kier alpha value is -0.630. The van der Waals surface area contributed by atoms with Crippen molar-refractivity contribution in [1.29, 1.82) is 0 Å². The minimum absolute atomic E-state index is 0.0507. The summed E-state index contributed by atoms with van der Waals surface area (Å²) in [5, 5.41) is 0. The van der Waals surface area contributed by atoms with Crippen LogP contribution in [0.3, 0.4) is 0 Å². The van der Waals surface area contributed by atoms with E-state index in [0.717, 1.165) is 18.7 Å². The fourth-order valence-electron chi connectivity index (χ4n) is 2.50. The Balaban J connectivity index is 3.38. The molecule has 0 amide bonds. The molecular formula is C15H27NO. The standard InChI is InChI=1S/C15H27NO/c1-14(2,3)11-10-16(7)9-8-12(17)13(11)15(4,5)6/h8-10H2,1-7H3. The van der Waals surface area contributed by atoms with Gasteiger partial charge in [0.2, 0.25) is 0 Å². The highest BCUT2D eigenvalue weighted by Gasteiger charge is 2.34. The molecule has 98 valence electrons. The Labute approximate surface area is 106 Å². The van der Waals surface area contributed by atoms with Crippen LogP contribution in [0.1, 0.15) is 48.0 Å². The van der Waals surface area contributed by atoms with Gasteiger partial charge in [0.25, 0.3) is 0 Å². The molecule has 0 aromatic rings. The van der Waals surface area contributed by atoms with Gasteiger partial charge in [-0.15, -0.1) is 0 Å². The van der Waals surface area contributed by atoms with Gasteiger partial charge in [-0.25, -0.2) is 0 Å². The van der Waals surface area contributed by atoms with Gasteiger partial charge in [0.1, 0.15) is 0 Å². The summed E-state index contributed by atoms with van der Waals surface area (Å²) in [6.45, 7) is 14.9. The molecule has 0 fully saturated rings. The maximum atomic E-state index is 12.4. The molecule has 1 rings (SSSR count). The molecule has 0 saturated heterocycles. The molecule has 0 N–H and O–H groups in total. The van der Waals surface area contributed by atoms with Crippen LogP contribution in [0.5, 0.6) is 0 Å². The van der Waals surface area contributed by atoms with E-state index in [1.54, 1.807) is 0 Å². The lowest BCUT2D eigenvalue weighted by Gasteiger charge is -2.32. The molecule has 1 aliphatic heterocycles. The monoisotopic (exact) mass is 237 g/mol. The average molecular weight is 237 g/mol. The molecule has 17 heavy (non-hydrogen) atoms. The molecular weight excluding hydrogens is 210 g/mol. The summed E-state index contributed by atoms with van der Waals surface area (Å²) >= 11 is 0. The number of allylic oxidation sites excluding steroid dienone is 1. The zero-order valence-electron chi connectivity index (χ0n) is 12.5. The second-order valence-corrected chi connectivity index (χ2v) is 7.26. The van der Waals surface area contributed by atoms with Gasteiger partial charge in [-0.2, -0.15) is 0 Å². The maximum Gasteiger partial charge on any atom is 0.160 e. The number of Topliss-reactive ketones (excluding diaryl/α,β-unsaturated/α-hetero) is 1. The summed E-state index contributed by atoms with van der Waals surface area (Å²) in [5.74, 6) is 0.340. The third-order valence-electron chi connectivity index (χ3n) is 3.38. The quantitative estimate of drug-likeness (QED) is 0.644. The lowest BCUT2D eigenvalue weighted by molar-refractivity contribution is -0.116. The van der Waals surface area contributed by atoms with Crippen molar-refractivity contribution >= 4 is 5.78 Å². The number of carbonyl (C=O) groups is 1. The predicted molar refractivity (Wildman–Crippen MR) is 73.1 cm³/mol. The molecule has 0 aromatic heterocycles. The van der Waals surface area contributed by atoms with Crippen LogP contribution in [0.4, 0.5) is 0 Å². The van der Waals surface area contributed by atoms with Crippen LogP contribution < -0.4 is 0 Å². The minimum Gasteiger partial charge on any atom is -0.302 e. The average Bonchev–Trinajstić information content (AvgIpc) is 2.23. The lowest BCUT2D eigenvalue weighted by atomic mass is 9.73. The molecule has 0 saturated carbocycles. The number of rotatable bonds is 0. The van der Waals surface area contributed by atoms with E-state index in [0.29, 0.717) is 12.2 Å². The van der Waals surface area contributed by atoms with E-state index >= 15 is 0 Å². The van der Waals surface area contributed by atoms with Gasteiger partial charge < -0.3 is 4.90 Å². The number of ketones is 1. The van der Waals surface area contributed by atoms with E-state index in [1.165, 1.54) is 5.57 Å². The fraction of sp³-hybridized carbons (Fsp3) is 0.800. The molecule has 0 radical (unpaired) electrons. The summed E-state index contributed by atoms with van der Waals surface area (Å²) in [5.41, 5.74) is 2.39. The summed E-state index contributed by atoms with van der Waals surface area (Å²) in [6, 6.07) is 0. The Bertz CT molecular complexity index is 339. The Morgan fingerprint density at radius 2 is 1.53 bits per heavy atom. The van der Waals surface area contributed by atoms with Crippen molar-refractivity contribution in [3.63, 3.8) is 0 Å². The second-order valence-electron chi connectivity index (χ2n) is 7.26. The largest absolute Gasteiger partial charge is 0.302 e. The highest BCUT2D eigenvalue weighted by atomic mass is 16.1. The van der Waals surface area contributed by atoms with Crippen LogP contribution in [0.15, 0.2) is 11.1 Å². The molecule has 0 aromatic carbocycles. The summed E-state index contributed by atoms with van der Waals surface area (Å²) in [6.07, 6.45) is 0.655. The van der Waals surface area contributed by atoms with Crippen molar-refractivity contribution in [3.8, 4) is 0 Å². The fourth-order valence-corrected chi connectivity index (χ4v) is 2.50. The van der Waals surface area contributed by atoms with Crippen molar-refractivity contribution in [2.75, 3.05) is 20.1 Å². The number of nitrogens with zero attached hydrogens (tertiary/aromatic N) is 1. The van der Waals surface area contributed by atoms with E-state index in [4.69, 9.17) is 0 Å². The number of hydrogen-bond donors (Lipinski definition) is 0. The van der Waals surface area contributed by atoms with Crippen molar-refractivity contribution in [2.24, 2.45) is 10.8 Å². The van der Waals surface area contributed by atoms with Gasteiger partial charge in [-0.1, -0.05) is 41.5 Å². The molecule has 0 aliphatic carbocycles. The smallest absolute Gasteiger partial charge is 0.160 e. The first-order valence-corrected chi connectivity index (χ1v) is 6.49. The van der Waals surface area contributed by atoms with Crippen molar-refractivity contribution in [2.45, 2.75) is 48.0 Å². The number of carbonyl (C=O) groups excluding carboxylic acids is 1. The zero-order chi connectivity index (χ0) is 13.4. The molecule has 0 spiro atoms. The van der Waals surface area contributed by atoms with Crippen LogP contribution in [-0.2, 0) is 4.79 Å². The van der Waals surface area contributed by atoms with E-state index in [1.807, 2.05) is 0 Å². The number of hydrogen-bond acceptors (Lipinski definition) is 2. The van der Waals surface area contributed by atoms with E-state index in [9.17, 15) is 4.79 Å². The molecule has 0 unspecified atom stereocenters. The van der Waals surface area contributed by atoms with Gasteiger partial charge in [0.05, 0.1) is 0 Å². The molecule has 2 heteroatoms. The topological polar surface area (TPSA) is 20.3 Å². The first kappa shape index (κ1) is 14.4. The normalized spacial score (nSPS) is 20.8. The highest BCUT2D eigenvalue weighted by Crippen LogP contribution is 2.39. The van der Waals surface area contributed by atoms with Crippen LogP contribution >= 0.6 is 0 Å². The van der Waals surface area contributed by atoms with Crippen LogP contribution in [0.2, 0.25) is 0 Å². The van der Waals surface area contributed by atoms with Crippen molar-refractivity contribution in [1.82, 2.24) is 4.90 Å². The first-order chi connectivity index (χ1) is 7.53. The summed E-state index contributed by atoms with van der Waals surface area (Å²) in [7, 11) is 2.10. The molecule has 1 aliphatic rings. The molecule has 2 nitrogen and oxygen atoms in total. The van der Waals surface area contributed by atoms with E-state index < -0.39 is 0 Å². The van der Waals surface area contributed by atoms with Gasteiger partial charge in [-0.3, -0.25) is 4.79 Å². The second kappa shape index (κ2) is 4.56. The van der Waals surface area contributed by atoms with Crippen LogP contribution in [0, 0.1) is 10.8 Å². The van der Waals surface area contributed by atoms with Gasteiger partial charge in [0, 0.05) is 25.1 Å². The van der Waals surface area contributed by atoms with Crippen LogP contribution in [-0.4, -0.2) is 30.8 Å². The minimum atomic E-state index is -0.0507. The molecule has 1 heterocycles. The molecule has 0 bridgehead atoms. The van der Waals surface area contributed by atoms with Gasteiger partial charge in [0.15, 0.2) is 5.78 Å².